The molecule has 3 rings (SSSR count). The Morgan fingerprint density at radius 1 is 1.25 bits per heavy atom. The molecule has 70 valence electrons. The first-order valence-corrected chi connectivity index (χ1v) is 5.83. The fourth-order valence-corrected chi connectivity index (χ4v) is 3.42. The summed E-state index contributed by atoms with van der Waals surface area (Å²) < 4.78 is 0. The molecule has 0 radical (unpaired) electrons. The number of hydrogen-bond acceptors (Lipinski definition) is 0. The lowest BCUT2D eigenvalue weighted by Crippen LogP contribution is -2.44. The summed E-state index contributed by atoms with van der Waals surface area (Å²) in [5.41, 5.74) is 0. The van der Waals surface area contributed by atoms with Crippen molar-refractivity contribution >= 4 is 0 Å². The van der Waals surface area contributed by atoms with Crippen LogP contribution in [0.25, 0.3) is 0 Å². The van der Waals surface area contributed by atoms with Crippen molar-refractivity contribution in [1.82, 2.24) is 0 Å². The monoisotopic (exact) mass is 166 g/mol. The van der Waals surface area contributed by atoms with E-state index in [-0.39, 0.29) is 0 Å². The number of fused-ring (bicyclic) bond motifs is 2. The molecule has 0 nitrogen and oxygen atoms in total. The highest BCUT2D eigenvalue weighted by Crippen LogP contribution is 2.55. The van der Waals surface area contributed by atoms with Crippen LogP contribution in [0.1, 0.15) is 52.4 Å². The van der Waals surface area contributed by atoms with Crippen LogP contribution >= 0.6 is 0 Å². The maximum Gasteiger partial charge on any atom is -0.0355 e. The van der Waals surface area contributed by atoms with Gasteiger partial charge >= 0.3 is 0 Å². The molecule has 0 heterocycles. The quantitative estimate of drug-likeness (QED) is 0.597. The zero-order valence-electron chi connectivity index (χ0n) is 8.55. The Labute approximate surface area is 76.7 Å². The highest BCUT2D eigenvalue weighted by atomic mass is 14.5. The van der Waals surface area contributed by atoms with E-state index in [1.807, 2.05) is 0 Å². The first kappa shape index (κ1) is 8.59. The van der Waals surface area contributed by atoms with Crippen LogP contribution in [0.15, 0.2) is 0 Å². The maximum absolute atomic E-state index is 2.47. The zero-order valence-corrected chi connectivity index (χ0v) is 8.55. The van der Waals surface area contributed by atoms with Crippen molar-refractivity contribution in [2.45, 2.75) is 52.4 Å². The lowest BCUT2D eigenvalue weighted by molar-refractivity contribution is -0.0338. The Balaban J connectivity index is 1.84. The molecule has 0 N–H and O–H groups in total. The minimum Gasteiger partial charge on any atom is -0.0654 e. The van der Waals surface area contributed by atoms with E-state index in [4.69, 9.17) is 0 Å². The molecule has 0 aromatic heterocycles. The standard InChI is InChI=1S/C12H22/c1-3-4-5-11-10-7-6-9(2)12(11)8-10/h9-12H,3-8H2,1-2H3. The van der Waals surface area contributed by atoms with Crippen molar-refractivity contribution < 1.29 is 0 Å². The van der Waals surface area contributed by atoms with Crippen molar-refractivity contribution in [3.63, 3.8) is 0 Å². The topological polar surface area (TPSA) is 0 Å². The second kappa shape index (κ2) is 3.40. The van der Waals surface area contributed by atoms with Crippen LogP contribution in [0.4, 0.5) is 0 Å². The van der Waals surface area contributed by atoms with E-state index < -0.39 is 0 Å². The van der Waals surface area contributed by atoms with Crippen LogP contribution in [-0.4, -0.2) is 0 Å². The molecule has 0 aliphatic heterocycles. The van der Waals surface area contributed by atoms with Crippen LogP contribution in [0.5, 0.6) is 0 Å². The molecular formula is C12H22. The van der Waals surface area contributed by atoms with Gasteiger partial charge in [-0.05, 0) is 42.9 Å². The molecule has 4 unspecified atom stereocenters. The van der Waals surface area contributed by atoms with Gasteiger partial charge in [-0.15, -0.1) is 0 Å². The molecule has 0 aromatic rings. The Morgan fingerprint density at radius 3 is 2.67 bits per heavy atom. The summed E-state index contributed by atoms with van der Waals surface area (Å²) in [7, 11) is 0. The minimum atomic E-state index is 1.05. The molecule has 0 aromatic carbocycles. The lowest BCUT2D eigenvalue weighted by atomic mass is 9.52. The van der Waals surface area contributed by atoms with E-state index in [0.717, 1.165) is 23.7 Å². The average Bonchev–Trinajstić information content (AvgIpc) is 2.04. The van der Waals surface area contributed by atoms with E-state index in [2.05, 4.69) is 13.8 Å². The molecule has 3 saturated carbocycles. The molecule has 4 atom stereocenters. The van der Waals surface area contributed by atoms with Crippen molar-refractivity contribution in [2.75, 3.05) is 0 Å². The van der Waals surface area contributed by atoms with Gasteiger partial charge in [0, 0.05) is 0 Å². The molecule has 0 saturated heterocycles. The summed E-state index contributed by atoms with van der Waals surface area (Å²) >= 11 is 0. The minimum absolute atomic E-state index is 1.05. The van der Waals surface area contributed by atoms with Gasteiger partial charge in [-0.2, -0.15) is 0 Å². The van der Waals surface area contributed by atoms with E-state index >= 15 is 0 Å². The average molecular weight is 166 g/mol. The van der Waals surface area contributed by atoms with Crippen LogP contribution in [-0.2, 0) is 0 Å². The van der Waals surface area contributed by atoms with Gasteiger partial charge in [0.25, 0.3) is 0 Å². The summed E-state index contributed by atoms with van der Waals surface area (Å²) in [5, 5.41) is 0. The lowest BCUT2D eigenvalue weighted by Gasteiger charge is -2.53. The second-order valence-electron chi connectivity index (χ2n) is 5.02. The van der Waals surface area contributed by atoms with Gasteiger partial charge in [0.1, 0.15) is 0 Å². The summed E-state index contributed by atoms with van der Waals surface area (Å²) in [6, 6.07) is 0. The number of hydrogen-bond donors (Lipinski definition) is 0. The zero-order chi connectivity index (χ0) is 8.55. The third-order valence-corrected chi connectivity index (χ3v) is 4.35. The maximum atomic E-state index is 2.47. The SMILES string of the molecule is CCCCC1C2CCC(C)C1C2. The van der Waals surface area contributed by atoms with Gasteiger partial charge in [0.15, 0.2) is 0 Å². The highest BCUT2D eigenvalue weighted by molar-refractivity contribution is 4.95. The van der Waals surface area contributed by atoms with Gasteiger partial charge < -0.3 is 0 Å². The Bertz CT molecular complexity index is 148. The molecular weight excluding hydrogens is 144 g/mol. The fraction of sp³-hybridized carbons (Fsp3) is 1.00. The highest BCUT2D eigenvalue weighted by Gasteiger charge is 2.46. The molecule has 3 fully saturated rings. The summed E-state index contributed by atoms with van der Waals surface area (Å²) in [4.78, 5) is 0. The van der Waals surface area contributed by atoms with Crippen molar-refractivity contribution in [2.24, 2.45) is 23.7 Å². The van der Waals surface area contributed by atoms with Crippen LogP contribution < -0.4 is 0 Å². The Kier molecular flexibility index (Phi) is 2.43. The molecule has 0 amide bonds. The van der Waals surface area contributed by atoms with Gasteiger partial charge in [0.2, 0.25) is 0 Å². The van der Waals surface area contributed by atoms with Crippen LogP contribution in [0.3, 0.4) is 0 Å². The van der Waals surface area contributed by atoms with E-state index in [0.29, 0.717) is 0 Å². The molecule has 12 heavy (non-hydrogen) atoms. The van der Waals surface area contributed by atoms with Gasteiger partial charge in [-0.25, -0.2) is 0 Å². The van der Waals surface area contributed by atoms with Crippen molar-refractivity contribution in [1.29, 1.82) is 0 Å². The predicted molar refractivity (Wildman–Crippen MR) is 53.0 cm³/mol. The van der Waals surface area contributed by atoms with Gasteiger partial charge in [-0.3, -0.25) is 0 Å². The second-order valence-corrected chi connectivity index (χ2v) is 5.02. The molecule has 2 bridgehead atoms. The molecule has 3 aliphatic rings. The Hall–Kier alpha value is 0. The van der Waals surface area contributed by atoms with Gasteiger partial charge in [-0.1, -0.05) is 33.1 Å². The third-order valence-electron chi connectivity index (χ3n) is 4.35. The predicted octanol–water partition coefficient (Wildman–Crippen LogP) is 3.86. The first-order chi connectivity index (χ1) is 5.83. The van der Waals surface area contributed by atoms with Crippen LogP contribution in [0, 0.1) is 23.7 Å². The fourth-order valence-electron chi connectivity index (χ4n) is 3.42. The largest absolute Gasteiger partial charge is 0.0654 e. The number of unbranched alkanes of at least 4 members (excludes halogenated alkanes) is 1. The van der Waals surface area contributed by atoms with E-state index in [9.17, 15) is 0 Å². The molecule has 0 heteroatoms. The van der Waals surface area contributed by atoms with Crippen molar-refractivity contribution in [3.8, 4) is 0 Å². The first-order valence-electron chi connectivity index (χ1n) is 5.83. The van der Waals surface area contributed by atoms with Gasteiger partial charge in [0.05, 0.1) is 0 Å². The van der Waals surface area contributed by atoms with Crippen molar-refractivity contribution in [3.05, 3.63) is 0 Å². The number of rotatable bonds is 3. The summed E-state index contributed by atoms with van der Waals surface area (Å²) in [6.07, 6.45) is 9.06. The smallest absolute Gasteiger partial charge is 0.0355 e. The summed E-state index contributed by atoms with van der Waals surface area (Å²) in [5.74, 6) is 4.48. The van der Waals surface area contributed by atoms with E-state index in [1.54, 1.807) is 12.8 Å². The Morgan fingerprint density at radius 2 is 2.08 bits per heavy atom. The molecule has 0 spiro atoms. The third kappa shape index (κ3) is 1.30. The normalized spacial score (nSPS) is 45.5. The van der Waals surface area contributed by atoms with E-state index in [1.165, 1.54) is 25.7 Å². The van der Waals surface area contributed by atoms with Crippen LogP contribution in [0.2, 0.25) is 0 Å². The summed E-state index contributed by atoms with van der Waals surface area (Å²) in [6.45, 7) is 4.79. The molecule has 3 aliphatic carbocycles.